The quantitative estimate of drug-likeness (QED) is 0.559. The molecule has 2 heterocycles. The molecule has 2 N–H and O–H groups in total. The van der Waals surface area contributed by atoms with E-state index in [4.69, 9.17) is 4.74 Å². The topological polar surface area (TPSA) is 85.2 Å². The monoisotopic (exact) mass is 466 g/mol. The Balaban J connectivity index is 1.55. The standard InChI is InChI=1S/C25H30N4O3S/c1-29-16-17(15-26-29)13-23(30)28-24(19-5-10-22-18(14-19)11-12-32-22)25(31)27-20-6-8-21(9-7-20)33(2,3)4/h5-10,14-16,24H,11-13H2,1-4H3,(H,27,31)(H,28,30). The molecule has 1 aliphatic rings. The summed E-state index contributed by atoms with van der Waals surface area (Å²) in [5, 5.41) is 9.99. The van der Waals surface area contributed by atoms with Gasteiger partial charge in [0.15, 0.2) is 0 Å². The van der Waals surface area contributed by atoms with Gasteiger partial charge >= 0.3 is 0 Å². The van der Waals surface area contributed by atoms with Crippen LogP contribution in [0.25, 0.3) is 0 Å². The fraction of sp³-hybridized carbons (Fsp3) is 0.320. The fourth-order valence-electron chi connectivity index (χ4n) is 3.81. The van der Waals surface area contributed by atoms with Gasteiger partial charge in [-0.05, 0) is 76.8 Å². The Bertz CT molecular complexity index is 1170. The fourth-order valence-corrected chi connectivity index (χ4v) is 4.76. The maximum absolute atomic E-state index is 13.3. The van der Waals surface area contributed by atoms with Gasteiger partial charge in [0.25, 0.3) is 5.91 Å². The predicted molar refractivity (Wildman–Crippen MR) is 132 cm³/mol. The van der Waals surface area contributed by atoms with E-state index in [2.05, 4.69) is 34.5 Å². The van der Waals surface area contributed by atoms with Gasteiger partial charge in [-0.2, -0.15) is 5.10 Å². The average Bonchev–Trinajstić information content (AvgIpc) is 3.39. The second-order valence-corrected chi connectivity index (χ2v) is 13.2. The van der Waals surface area contributed by atoms with E-state index in [-0.39, 0.29) is 18.2 Å². The number of hydrogen-bond donors (Lipinski definition) is 2. The van der Waals surface area contributed by atoms with Crippen LogP contribution in [0.5, 0.6) is 5.75 Å². The molecule has 8 heteroatoms. The number of amides is 2. The normalized spacial score (nSPS) is 14.2. The highest BCUT2D eigenvalue weighted by molar-refractivity contribution is 8.32. The molecule has 174 valence electrons. The van der Waals surface area contributed by atoms with Crippen LogP contribution in [0.15, 0.2) is 59.8 Å². The summed E-state index contributed by atoms with van der Waals surface area (Å²) in [7, 11) is 0.957. The van der Waals surface area contributed by atoms with Crippen molar-refractivity contribution in [2.24, 2.45) is 7.05 Å². The Labute approximate surface area is 195 Å². The van der Waals surface area contributed by atoms with Crippen LogP contribution in [0, 0.1) is 0 Å². The summed E-state index contributed by atoms with van der Waals surface area (Å²) in [6.45, 7) is 0.630. The zero-order chi connectivity index (χ0) is 23.6. The summed E-state index contributed by atoms with van der Waals surface area (Å²) in [5.41, 5.74) is 3.26. The van der Waals surface area contributed by atoms with Crippen LogP contribution in [0.2, 0.25) is 0 Å². The lowest BCUT2D eigenvalue weighted by Gasteiger charge is -2.26. The van der Waals surface area contributed by atoms with Gasteiger partial charge in [0, 0.05) is 25.4 Å². The first kappa shape index (κ1) is 22.9. The van der Waals surface area contributed by atoms with E-state index in [1.165, 1.54) is 4.90 Å². The minimum Gasteiger partial charge on any atom is -0.493 e. The SMILES string of the molecule is Cn1cc(CC(=O)NC(C(=O)Nc2ccc(S(C)(C)C)cc2)c2ccc3c(c2)CCO3)cn1. The van der Waals surface area contributed by atoms with Gasteiger partial charge in [-0.3, -0.25) is 14.3 Å². The molecule has 2 aromatic carbocycles. The summed E-state index contributed by atoms with van der Waals surface area (Å²) in [5.74, 6) is 0.302. The number of aromatic nitrogens is 2. The Hall–Kier alpha value is -3.26. The molecule has 1 aromatic heterocycles. The smallest absolute Gasteiger partial charge is 0.251 e. The van der Waals surface area contributed by atoms with Crippen LogP contribution in [0.3, 0.4) is 0 Å². The third-order valence-electron chi connectivity index (χ3n) is 5.57. The Kier molecular flexibility index (Phi) is 6.47. The lowest BCUT2D eigenvalue weighted by Crippen LogP contribution is -2.37. The van der Waals surface area contributed by atoms with Crippen LogP contribution in [0.1, 0.15) is 22.7 Å². The highest BCUT2D eigenvalue weighted by Crippen LogP contribution is 2.45. The van der Waals surface area contributed by atoms with Gasteiger partial charge in [0.1, 0.15) is 11.8 Å². The van der Waals surface area contributed by atoms with Crippen molar-refractivity contribution in [3.8, 4) is 5.75 Å². The second-order valence-electron chi connectivity index (χ2n) is 9.02. The van der Waals surface area contributed by atoms with Gasteiger partial charge in [-0.15, -0.1) is 0 Å². The molecular weight excluding hydrogens is 436 g/mol. The van der Waals surface area contributed by atoms with Crippen molar-refractivity contribution in [2.75, 3.05) is 30.7 Å². The summed E-state index contributed by atoms with van der Waals surface area (Å²) < 4.78 is 7.24. The number of anilines is 1. The second kappa shape index (κ2) is 9.31. The predicted octanol–water partition coefficient (Wildman–Crippen LogP) is 3.45. The molecule has 3 aromatic rings. The number of benzene rings is 2. The van der Waals surface area contributed by atoms with Crippen molar-refractivity contribution in [3.05, 3.63) is 71.5 Å². The third-order valence-corrected chi connectivity index (χ3v) is 7.25. The summed E-state index contributed by atoms with van der Waals surface area (Å²) in [6.07, 6.45) is 11.1. The van der Waals surface area contributed by atoms with Crippen molar-refractivity contribution in [3.63, 3.8) is 0 Å². The number of carbonyl (C=O) groups excluding carboxylic acids is 2. The molecule has 1 unspecified atom stereocenters. The molecular formula is C25H30N4O3S. The number of rotatable bonds is 7. The third kappa shape index (κ3) is 5.57. The molecule has 0 aliphatic carbocycles. The molecule has 0 saturated heterocycles. The molecule has 1 atom stereocenters. The first-order valence-corrected chi connectivity index (χ1v) is 13.7. The van der Waals surface area contributed by atoms with Gasteiger partial charge in [-0.25, -0.2) is 10.0 Å². The number of nitrogens with one attached hydrogen (secondary N) is 2. The highest BCUT2D eigenvalue weighted by Gasteiger charge is 2.25. The van der Waals surface area contributed by atoms with E-state index in [9.17, 15) is 9.59 Å². The van der Waals surface area contributed by atoms with Crippen LogP contribution in [0.4, 0.5) is 5.69 Å². The molecule has 4 rings (SSSR count). The number of aryl methyl sites for hydroxylation is 1. The molecule has 0 saturated carbocycles. The molecule has 2 amide bonds. The van der Waals surface area contributed by atoms with Crippen LogP contribution < -0.4 is 15.4 Å². The minimum atomic E-state index is -0.846. The van der Waals surface area contributed by atoms with E-state index in [1.54, 1.807) is 24.1 Å². The Morgan fingerprint density at radius 2 is 1.91 bits per heavy atom. The van der Waals surface area contributed by atoms with Crippen LogP contribution >= 0.6 is 10.0 Å². The number of hydrogen-bond acceptors (Lipinski definition) is 4. The van der Waals surface area contributed by atoms with Crippen LogP contribution in [-0.4, -0.2) is 47.0 Å². The number of nitrogens with zero attached hydrogens (tertiary/aromatic N) is 2. The molecule has 0 bridgehead atoms. The Morgan fingerprint density at radius 3 is 2.58 bits per heavy atom. The zero-order valence-electron chi connectivity index (χ0n) is 19.4. The van der Waals surface area contributed by atoms with Crippen molar-refractivity contribution in [2.45, 2.75) is 23.8 Å². The lowest BCUT2D eigenvalue weighted by atomic mass is 10.0. The maximum atomic E-state index is 13.3. The van der Waals surface area contributed by atoms with E-state index in [0.29, 0.717) is 12.3 Å². The van der Waals surface area contributed by atoms with Crippen molar-refractivity contribution >= 4 is 27.5 Å². The van der Waals surface area contributed by atoms with E-state index < -0.39 is 16.1 Å². The van der Waals surface area contributed by atoms with E-state index in [0.717, 1.165) is 28.9 Å². The van der Waals surface area contributed by atoms with Crippen molar-refractivity contribution in [1.29, 1.82) is 0 Å². The molecule has 0 fully saturated rings. The van der Waals surface area contributed by atoms with Gasteiger partial charge in [0.2, 0.25) is 5.91 Å². The van der Waals surface area contributed by atoms with E-state index in [1.807, 2.05) is 42.5 Å². The highest BCUT2D eigenvalue weighted by atomic mass is 32.3. The largest absolute Gasteiger partial charge is 0.493 e. The summed E-state index contributed by atoms with van der Waals surface area (Å²) in [6, 6.07) is 12.8. The molecule has 1 aliphatic heterocycles. The van der Waals surface area contributed by atoms with Crippen molar-refractivity contribution < 1.29 is 14.3 Å². The molecule has 7 nitrogen and oxygen atoms in total. The minimum absolute atomic E-state index is 0.148. The van der Waals surface area contributed by atoms with Crippen molar-refractivity contribution in [1.82, 2.24) is 15.1 Å². The van der Waals surface area contributed by atoms with E-state index >= 15 is 0 Å². The van der Waals surface area contributed by atoms with Gasteiger partial charge in [-0.1, -0.05) is 6.07 Å². The lowest BCUT2D eigenvalue weighted by molar-refractivity contribution is -0.126. The first-order chi connectivity index (χ1) is 15.7. The maximum Gasteiger partial charge on any atom is 0.251 e. The zero-order valence-corrected chi connectivity index (χ0v) is 20.2. The first-order valence-electron chi connectivity index (χ1n) is 10.8. The van der Waals surface area contributed by atoms with Gasteiger partial charge in [0.05, 0.1) is 19.2 Å². The van der Waals surface area contributed by atoms with Crippen LogP contribution in [-0.2, 0) is 29.5 Å². The molecule has 33 heavy (non-hydrogen) atoms. The number of ether oxygens (including phenoxy) is 1. The molecule has 0 radical (unpaired) electrons. The molecule has 0 spiro atoms. The van der Waals surface area contributed by atoms with Gasteiger partial charge < -0.3 is 15.4 Å². The average molecular weight is 467 g/mol. The number of carbonyl (C=O) groups is 2. The summed E-state index contributed by atoms with van der Waals surface area (Å²) >= 11 is 0. The Morgan fingerprint density at radius 1 is 1.15 bits per heavy atom. The number of fused-ring (bicyclic) bond motifs is 1. The summed E-state index contributed by atoms with van der Waals surface area (Å²) in [4.78, 5) is 27.4.